The molecule has 0 aliphatic rings. The Morgan fingerprint density at radius 3 is 2.60 bits per heavy atom. The van der Waals surface area contributed by atoms with Crippen LogP contribution < -0.4 is 11.1 Å². The quantitative estimate of drug-likeness (QED) is 0.300. The molecule has 0 heterocycles. The van der Waals surface area contributed by atoms with Crippen LogP contribution in [0.5, 0.6) is 0 Å². The minimum absolute atomic E-state index is 0.186. The summed E-state index contributed by atoms with van der Waals surface area (Å²) in [5.74, 6) is -1.00. The molecule has 0 aliphatic carbocycles. The van der Waals surface area contributed by atoms with E-state index in [4.69, 9.17) is 10.9 Å². The fourth-order valence-electron chi connectivity index (χ4n) is 0.938. The number of nitrogens with zero attached hydrogens (tertiary/aromatic N) is 1. The van der Waals surface area contributed by atoms with E-state index in [9.17, 15) is 9.18 Å². The average Bonchev–Trinajstić information content (AvgIpc) is 2.21. The van der Waals surface area contributed by atoms with Crippen molar-refractivity contribution in [3.8, 4) is 0 Å². The number of amidine groups is 1. The van der Waals surface area contributed by atoms with Gasteiger partial charge in [-0.25, -0.2) is 4.39 Å². The summed E-state index contributed by atoms with van der Waals surface area (Å²) in [6.45, 7) is 0. The number of amides is 1. The Balaban J connectivity index is 2.55. The molecule has 1 rings (SSSR count). The van der Waals surface area contributed by atoms with Crippen LogP contribution >= 0.6 is 0 Å². The fourth-order valence-corrected chi connectivity index (χ4v) is 0.938. The Kier molecular flexibility index (Phi) is 3.61. The monoisotopic (exact) mass is 211 g/mol. The summed E-state index contributed by atoms with van der Waals surface area (Å²) >= 11 is 0. The van der Waals surface area contributed by atoms with Crippen LogP contribution in [0.3, 0.4) is 0 Å². The predicted octanol–water partition coefficient (Wildman–Crippen LogP) is 0.901. The van der Waals surface area contributed by atoms with Crippen molar-refractivity contribution in [2.75, 3.05) is 5.32 Å². The molecule has 80 valence electrons. The lowest BCUT2D eigenvalue weighted by molar-refractivity contribution is -0.115. The number of nitrogens with one attached hydrogen (secondary N) is 1. The third-order valence-corrected chi connectivity index (χ3v) is 1.60. The van der Waals surface area contributed by atoms with Gasteiger partial charge in [0.05, 0.1) is 6.42 Å². The van der Waals surface area contributed by atoms with Gasteiger partial charge in [-0.15, -0.1) is 0 Å². The molecule has 0 fully saturated rings. The summed E-state index contributed by atoms with van der Waals surface area (Å²) in [6.07, 6.45) is -0.214. The van der Waals surface area contributed by atoms with Crippen molar-refractivity contribution < 1.29 is 14.4 Å². The van der Waals surface area contributed by atoms with Gasteiger partial charge in [0.25, 0.3) is 0 Å². The number of benzene rings is 1. The zero-order valence-corrected chi connectivity index (χ0v) is 7.77. The highest BCUT2D eigenvalue weighted by molar-refractivity contribution is 6.04. The number of oxime groups is 1. The van der Waals surface area contributed by atoms with Gasteiger partial charge in [0.1, 0.15) is 11.7 Å². The number of carbonyl (C=O) groups excluding carboxylic acids is 1. The van der Waals surface area contributed by atoms with Crippen LogP contribution in [0.1, 0.15) is 6.42 Å². The Bertz CT molecular complexity index is 375. The molecule has 0 bridgehead atoms. The first-order chi connectivity index (χ1) is 7.11. The SMILES string of the molecule is N/C(CC(=O)Nc1ccc(F)cc1)=N/O. The highest BCUT2D eigenvalue weighted by atomic mass is 19.1. The molecule has 5 nitrogen and oxygen atoms in total. The van der Waals surface area contributed by atoms with Gasteiger partial charge in [0.2, 0.25) is 5.91 Å². The van der Waals surface area contributed by atoms with Crippen LogP contribution in [-0.2, 0) is 4.79 Å². The lowest BCUT2D eigenvalue weighted by Gasteiger charge is -2.03. The molecule has 1 aromatic carbocycles. The molecule has 0 radical (unpaired) electrons. The number of anilines is 1. The molecule has 6 heteroatoms. The van der Waals surface area contributed by atoms with E-state index in [1.165, 1.54) is 24.3 Å². The minimum atomic E-state index is -0.433. The first kappa shape index (κ1) is 11.0. The molecule has 1 aromatic rings. The second kappa shape index (κ2) is 4.94. The van der Waals surface area contributed by atoms with Gasteiger partial charge in [0, 0.05) is 5.69 Å². The third-order valence-electron chi connectivity index (χ3n) is 1.60. The molecule has 0 aliphatic heterocycles. The van der Waals surface area contributed by atoms with E-state index in [2.05, 4.69) is 10.5 Å². The second-order valence-corrected chi connectivity index (χ2v) is 2.82. The zero-order chi connectivity index (χ0) is 11.3. The van der Waals surface area contributed by atoms with Crippen molar-refractivity contribution in [2.45, 2.75) is 6.42 Å². The van der Waals surface area contributed by atoms with E-state index in [0.717, 1.165) is 0 Å². The number of halogens is 1. The summed E-state index contributed by atoms with van der Waals surface area (Å²) in [5.41, 5.74) is 5.58. The number of rotatable bonds is 3. The highest BCUT2D eigenvalue weighted by Gasteiger charge is 2.05. The summed E-state index contributed by atoms with van der Waals surface area (Å²) in [7, 11) is 0. The van der Waals surface area contributed by atoms with Gasteiger partial charge in [-0.3, -0.25) is 4.79 Å². The van der Waals surface area contributed by atoms with Crippen molar-refractivity contribution in [1.29, 1.82) is 0 Å². The fraction of sp³-hybridized carbons (Fsp3) is 0.111. The standard InChI is InChI=1S/C9H10FN3O2/c10-6-1-3-7(4-2-6)12-9(14)5-8(11)13-15/h1-4,15H,5H2,(H2,11,13)(H,12,14). The van der Waals surface area contributed by atoms with Crippen molar-refractivity contribution in [3.63, 3.8) is 0 Å². The average molecular weight is 211 g/mol. The Morgan fingerprint density at radius 1 is 1.47 bits per heavy atom. The van der Waals surface area contributed by atoms with E-state index in [1.807, 2.05) is 0 Å². The van der Waals surface area contributed by atoms with Crippen LogP contribution in [0.25, 0.3) is 0 Å². The summed E-state index contributed by atoms with van der Waals surface area (Å²) in [5, 5.41) is 13.3. The minimum Gasteiger partial charge on any atom is -0.409 e. The molecule has 4 N–H and O–H groups in total. The van der Waals surface area contributed by atoms with Gasteiger partial charge in [-0.2, -0.15) is 0 Å². The molecule has 1 amide bonds. The maximum Gasteiger partial charge on any atom is 0.232 e. The van der Waals surface area contributed by atoms with Crippen molar-refractivity contribution in [2.24, 2.45) is 10.9 Å². The van der Waals surface area contributed by atoms with E-state index in [1.54, 1.807) is 0 Å². The number of carbonyl (C=O) groups is 1. The maximum atomic E-state index is 12.5. The Hall–Kier alpha value is -2.11. The Labute approximate surface area is 85.4 Å². The van der Waals surface area contributed by atoms with Crippen LogP contribution in [0.15, 0.2) is 29.4 Å². The van der Waals surface area contributed by atoms with E-state index < -0.39 is 5.91 Å². The smallest absolute Gasteiger partial charge is 0.232 e. The van der Waals surface area contributed by atoms with Crippen molar-refractivity contribution in [3.05, 3.63) is 30.1 Å². The molecule has 0 saturated carbocycles. The van der Waals surface area contributed by atoms with Gasteiger partial charge < -0.3 is 16.3 Å². The molecule has 0 atom stereocenters. The van der Waals surface area contributed by atoms with Crippen LogP contribution in [0.4, 0.5) is 10.1 Å². The molecule has 0 saturated heterocycles. The molecule has 0 spiro atoms. The molecule has 0 aromatic heterocycles. The van der Waals surface area contributed by atoms with Gasteiger partial charge in [-0.1, -0.05) is 5.16 Å². The van der Waals surface area contributed by atoms with Crippen molar-refractivity contribution >= 4 is 17.4 Å². The summed E-state index contributed by atoms with van der Waals surface area (Å²) < 4.78 is 12.5. The zero-order valence-electron chi connectivity index (χ0n) is 7.77. The Morgan fingerprint density at radius 2 is 2.07 bits per heavy atom. The van der Waals surface area contributed by atoms with Crippen LogP contribution in [-0.4, -0.2) is 17.0 Å². The van der Waals surface area contributed by atoms with Crippen molar-refractivity contribution in [1.82, 2.24) is 0 Å². The predicted molar refractivity (Wildman–Crippen MR) is 53.1 cm³/mol. The first-order valence-electron chi connectivity index (χ1n) is 4.13. The van der Waals surface area contributed by atoms with Gasteiger partial charge in [0.15, 0.2) is 0 Å². The number of hydrogen-bond acceptors (Lipinski definition) is 3. The van der Waals surface area contributed by atoms with Gasteiger partial charge >= 0.3 is 0 Å². The molecular weight excluding hydrogens is 201 g/mol. The normalized spacial score (nSPS) is 11.1. The van der Waals surface area contributed by atoms with Crippen LogP contribution in [0, 0.1) is 5.82 Å². The second-order valence-electron chi connectivity index (χ2n) is 2.82. The molecule has 15 heavy (non-hydrogen) atoms. The lowest BCUT2D eigenvalue weighted by Crippen LogP contribution is -2.21. The molecular formula is C9H10FN3O2. The summed E-state index contributed by atoms with van der Waals surface area (Å²) in [6, 6.07) is 5.28. The topological polar surface area (TPSA) is 87.7 Å². The first-order valence-corrected chi connectivity index (χ1v) is 4.13. The highest BCUT2D eigenvalue weighted by Crippen LogP contribution is 2.08. The third kappa shape index (κ3) is 3.63. The summed E-state index contributed by atoms with van der Waals surface area (Å²) in [4.78, 5) is 11.2. The lowest BCUT2D eigenvalue weighted by atomic mass is 10.3. The largest absolute Gasteiger partial charge is 0.409 e. The number of hydrogen-bond donors (Lipinski definition) is 3. The van der Waals surface area contributed by atoms with E-state index in [0.29, 0.717) is 5.69 Å². The number of nitrogens with two attached hydrogens (primary N) is 1. The van der Waals surface area contributed by atoms with Gasteiger partial charge in [-0.05, 0) is 24.3 Å². The maximum absolute atomic E-state index is 12.5. The van der Waals surface area contributed by atoms with Crippen LogP contribution in [0.2, 0.25) is 0 Å². The van der Waals surface area contributed by atoms with E-state index >= 15 is 0 Å². The van der Waals surface area contributed by atoms with E-state index in [-0.39, 0.29) is 18.1 Å². The molecule has 0 unspecified atom stereocenters.